The molecule has 3 aromatic carbocycles. The number of anilines is 1. The molecule has 0 aliphatic rings. The second kappa shape index (κ2) is 8.41. The predicted octanol–water partition coefficient (Wildman–Crippen LogP) is 6.97. The van der Waals surface area contributed by atoms with Crippen molar-refractivity contribution < 1.29 is 13.2 Å². The van der Waals surface area contributed by atoms with Gasteiger partial charge in [-0.05, 0) is 41.0 Å². The Morgan fingerprint density at radius 2 is 1.27 bits per heavy atom. The number of hydrogen-bond acceptors (Lipinski definition) is 2. The van der Waals surface area contributed by atoms with Crippen molar-refractivity contribution in [3.8, 4) is 11.1 Å². The molecule has 0 aliphatic heterocycles. The molecule has 5 heteroatoms. The van der Waals surface area contributed by atoms with Gasteiger partial charge in [-0.1, -0.05) is 72.8 Å². The van der Waals surface area contributed by atoms with Crippen LogP contribution in [-0.2, 0) is 6.18 Å². The van der Waals surface area contributed by atoms with Crippen molar-refractivity contribution >= 4 is 5.82 Å². The number of rotatable bonds is 5. The van der Waals surface area contributed by atoms with Crippen LogP contribution in [0.3, 0.4) is 0 Å². The third kappa shape index (κ3) is 4.35. The number of alkyl halides is 3. The number of hydrogen-bond donors (Lipinski definition) is 1. The van der Waals surface area contributed by atoms with E-state index in [9.17, 15) is 13.2 Å². The van der Waals surface area contributed by atoms with Crippen LogP contribution in [0, 0.1) is 0 Å². The first-order valence-corrected chi connectivity index (χ1v) is 9.51. The lowest BCUT2D eigenvalue weighted by atomic mass is 9.97. The van der Waals surface area contributed by atoms with Crippen LogP contribution < -0.4 is 5.32 Å². The molecule has 0 radical (unpaired) electrons. The number of halogens is 3. The molecule has 0 amide bonds. The van der Waals surface area contributed by atoms with Gasteiger partial charge in [-0.15, -0.1) is 0 Å². The van der Waals surface area contributed by atoms with Gasteiger partial charge in [0.05, 0.1) is 11.6 Å². The Morgan fingerprint density at radius 3 is 1.90 bits per heavy atom. The lowest BCUT2D eigenvalue weighted by Gasteiger charge is -2.22. The zero-order valence-electron chi connectivity index (χ0n) is 16.0. The first-order chi connectivity index (χ1) is 14.5. The van der Waals surface area contributed by atoms with Gasteiger partial charge in [-0.25, -0.2) is 4.98 Å². The molecular formula is C25H19F3N2. The quantitative estimate of drug-likeness (QED) is 0.389. The van der Waals surface area contributed by atoms with E-state index < -0.39 is 11.7 Å². The summed E-state index contributed by atoms with van der Waals surface area (Å²) in [7, 11) is 0. The Hall–Kier alpha value is -3.60. The molecule has 4 aromatic rings. The van der Waals surface area contributed by atoms with Crippen molar-refractivity contribution in [1.82, 2.24) is 4.98 Å². The SMILES string of the molecule is FC(F)(F)c1ccc(C(Nc2ncccc2-c2ccccc2)c2ccccc2)cc1. The minimum absolute atomic E-state index is 0.356. The first-order valence-electron chi connectivity index (χ1n) is 9.51. The fourth-order valence-electron chi connectivity index (χ4n) is 3.38. The van der Waals surface area contributed by atoms with Gasteiger partial charge in [0.25, 0.3) is 0 Å². The minimum atomic E-state index is -4.37. The normalized spacial score (nSPS) is 12.4. The number of benzene rings is 3. The fourth-order valence-corrected chi connectivity index (χ4v) is 3.38. The Labute approximate surface area is 173 Å². The van der Waals surface area contributed by atoms with Gasteiger partial charge in [0.2, 0.25) is 0 Å². The Kier molecular flexibility index (Phi) is 5.53. The molecule has 1 aromatic heterocycles. The number of nitrogens with one attached hydrogen (secondary N) is 1. The Bertz CT molecular complexity index is 1090. The fraction of sp³-hybridized carbons (Fsp3) is 0.0800. The third-order valence-electron chi connectivity index (χ3n) is 4.88. The molecule has 0 spiro atoms. The van der Waals surface area contributed by atoms with E-state index in [2.05, 4.69) is 10.3 Å². The summed E-state index contributed by atoms with van der Waals surface area (Å²) in [5.41, 5.74) is 2.92. The zero-order chi connectivity index (χ0) is 21.0. The third-order valence-corrected chi connectivity index (χ3v) is 4.88. The van der Waals surface area contributed by atoms with Gasteiger partial charge in [0.15, 0.2) is 0 Å². The number of nitrogens with zero attached hydrogens (tertiary/aromatic N) is 1. The number of aromatic nitrogens is 1. The molecule has 1 N–H and O–H groups in total. The Morgan fingerprint density at radius 1 is 0.667 bits per heavy atom. The van der Waals surface area contributed by atoms with Gasteiger partial charge in [0.1, 0.15) is 5.82 Å². The summed E-state index contributed by atoms with van der Waals surface area (Å²) >= 11 is 0. The lowest BCUT2D eigenvalue weighted by molar-refractivity contribution is -0.137. The molecule has 30 heavy (non-hydrogen) atoms. The molecule has 0 aliphatic carbocycles. The van der Waals surface area contributed by atoms with Crippen molar-refractivity contribution in [1.29, 1.82) is 0 Å². The van der Waals surface area contributed by atoms with E-state index in [1.54, 1.807) is 6.20 Å². The minimum Gasteiger partial charge on any atom is -0.359 e. The van der Waals surface area contributed by atoms with Gasteiger partial charge in [-0.3, -0.25) is 0 Å². The van der Waals surface area contributed by atoms with E-state index >= 15 is 0 Å². The van der Waals surface area contributed by atoms with Gasteiger partial charge in [-0.2, -0.15) is 13.2 Å². The van der Waals surface area contributed by atoms with Gasteiger partial charge in [0, 0.05) is 11.8 Å². The molecule has 2 nitrogen and oxygen atoms in total. The van der Waals surface area contributed by atoms with E-state index in [1.165, 1.54) is 12.1 Å². The Balaban J connectivity index is 1.74. The van der Waals surface area contributed by atoms with Crippen molar-refractivity contribution in [3.63, 3.8) is 0 Å². The van der Waals surface area contributed by atoms with Crippen LogP contribution in [0.25, 0.3) is 11.1 Å². The molecule has 0 saturated carbocycles. The van der Waals surface area contributed by atoms with E-state index in [0.29, 0.717) is 5.82 Å². The molecule has 1 unspecified atom stereocenters. The number of pyridine rings is 1. The largest absolute Gasteiger partial charge is 0.416 e. The average Bonchev–Trinajstić information content (AvgIpc) is 2.78. The van der Waals surface area contributed by atoms with Crippen LogP contribution in [0.5, 0.6) is 0 Å². The van der Waals surface area contributed by atoms with E-state index in [4.69, 9.17) is 0 Å². The summed E-state index contributed by atoms with van der Waals surface area (Å²) < 4.78 is 39.0. The van der Waals surface area contributed by atoms with Crippen LogP contribution >= 0.6 is 0 Å². The predicted molar refractivity (Wildman–Crippen MR) is 113 cm³/mol. The zero-order valence-corrected chi connectivity index (χ0v) is 16.0. The summed E-state index contributed by atoms with van der Waals surface area (Å²) in [4.78, 5) is 4.51. The maximum Gasteiger partial charge on any atom is 0.416 e. The summed E-state index contributed by atoms with van der Waals surface area (Å²) in [6.45, 7) is 0. The van der Waals surface area contributed by atoms with Gasteiger partial charge < -0.3 is 5.32 Å². The summed E-state index contributed by atoms with van der Waals surface area (Å²) in [6.07, 6.45) is -2.67. The standard InChI is InChI=1S/C25H19F3N2/c26-25(27,28)21-15-13-20(14-16-21)23(19-10-5-2-6-11-19)30-24-22(12-7-17-29-24)18-8-3-1-4-9-18/h1-17,23H,(H,29,30). The second-order valence-corrected chi connectivity index (χ2v) is 6.87. The molecule has 4 rings (SSSR count). The highest BCUT2D eigenvalue weighted by molar-refractivity contribution is 5.75. The monoisotopic (exact) mass is 404 g/mol. The van der Waals surface area contributed by atoms with Crippen LogP contribution in [0.15, 0.2) is 103 Å². The molecule has 1 atom stereocenters. The molecule has 0 saturated heterocycles. The highest BCUT2D eigenvalue weighted by Crippen LogP contribution is 2.34. The summed E-state index contributed by atoms with van der Waals surface area (Å²) in [6, 6.07) is 28.2. The van der Waals surface area contributed by atoms with Crippen molar-refractivity contribution in [3.05, 3.63) is 120 Å². The highest BCUT2D eigenvalue weighted by Gasteiger charge is 2.30. The highest BCUT2D eigenvalue weighted by atomic mass is 19.4. The molecular weight excluding hydrogens is 385 g/mol. The van der Waals surface area contributed by atoms with Crippen molar-refractivity contribution in [2.24, 2.45) is 0 Å². The average molecular weight is 404 g/mol. The lowest BCUT2D eigenvalue weighted by Crippen LogP contribution is -2.14. The van der Waals surface area contributed by atoms with E-state index in [-0.39, 0.29) is 6.04 Å². The van der Waals surface area contributed by atoms with Crippen LogP contribution in [-0.4, -0.2) is 4.98 Å². The van der Waals surface area contributed by atoms with Crippen LogP contribution in [0.2, 0.25) is 0 Å². The summed E-state index contributed by atoms with van der Waals surface area (Å²) in [5, 5.41) is 3.44. The van der Waals surface area contributed by atoms with Crippen LogP contribution in [0.4, 0.5) is 19.0 Å². The second-order valence-electron chi connectivity index (χ2n) is 6.87. The van der Waals surface area contributed by atoms with E-state index in [1.807, 2.05) is 72.8 Å². The molecule has 150 valence electrons. The van der Waals surface area contributed by atoms with Crippen LogP contribution in [0.1, 0.15) is 22.7 Å². The van der Waals surface area contributed by atoms with E-state index in [0.717, 1.165) is 34.4 Å². The first kappa shape index (κ1) is 19.7. The molecule has 1 heterocycles. The molecule has 0 fully saturated rings. The van der Waals surface area contributed by atoms with Crippen molar-refractivity contribution in [2.75, 3.05) is 5.32 Å². The molecule has 0 bridgehead atoms. The smallest absolute Gasteiger partial charge is 0.359 e. The maximum absolute atomic E-state index is 13.0. The topological polar surface area (TPSA) is 24.9 Å². The summed E-state index contributed by atoms with van der Waals surface area (Å²) in [5.74, 6) is 0.664. The maximum atomic E-state index is 13.0. The van der Waals surface area contributed by atoms with Gasteiger partial charge >= 0.3 is 6.18 Å². The van der Waals surface area contributed by atoms with Crippen molar-refractivity contribution in [2.45, 2.75) is 12.2 Å².